The minimum atomic E-state index is -0.415. The van der Waals surface area contributed by atoms with Crippen molar-refractivity contribution < 1.29 is 0 Å². The Morgan fingerprint density at radius 3 is 2.67 bits per heavy atom. The number of rotatable bonds is 2. The van der Waals surface area contributed by atoms with Gasteiger partial charge in [-0.05, 0) is 24.6 Å². The van der Waals surface area contributed by atoms with Crippen molar-refractivity contribution >= 4 is 11.6 Å². The number of fused-ring (bicyclic) bond motifs is 1. The summed E-state index contributed by atoms with van der Waals surface area (Å²) in [5.41, 5.74) is 10.1. The summed E-state index contributed by atoms with van der Waals surface area (Å²) < 4.78 is 1.28. The normalized spacial score (nSPS) is 11.0. The predicted molar refractivity (Wildman–Crippen MR) is 91.4 cm³/mol. The lowest BCUT2D eigenvalue weighted by Crippen LogP contribution is -2.15. The molecule has 1 aromatic carbocycles. The van der Waals surface area contributed by atoms with Crippen LogP contribution >= 0.6 is 0 Å². The molecule has 0 radical (unpaired) electrons. The molecule has 0 aliphatic heterocycles. The Morgan fingerprint density at radius 2 is 1.92 bits per heavy atom. The molecule has 118 valence electrons. The Morgan fingerprint density at radius 1 is 1.12 bits per heavy atom. The van der Waals surface area contributed by atoms with Gasteiger partial charge in [0.15, 0.2) is 5.65 Å². The number of nitrogens with one attached hydrogen (secondary N) is 1. The van der Waals surface area contributed by atoms with Gasteiger partial charge in [0, 0.05) is 17.5 Å². The highest BCUT2D eigenvalue weighted by Crippen LogP contribution is 2.33. The van der Waals surface area contributed by atoms with E-state index >= 15 is 0 Å². The summed E-state index contributed by atoms with van der Waals surface area (Å²) in [6, 6.07) is 13.5. The van der Waals surface area contributed by atoms with Crippen molar-refractivity contribution in [1.82, 2.24) is 24.6 Å². The van der Waals surface area contributed by atoms with E-state index in [0.717, 1.165) is 22.4 Å². The van der Waals surface area contributed by atoms with Crippen molar-refractivity contribution in [2.24, 2.45) is 0 Å². The molecule has 0 spiro atoms. The average Bonchev–Trinajstić information content (AvgIpc) is 2.98. The van der Waals surface area contributed by atoms with Crippen LogP contribution in [0, 0.1) is 6.92 Å². The van der Waals surface area contributed by atoms with Crippen molar-refractivity contribution in [2.75, 3.05) is 5.73 Å². The number of anilines is 1. The van der Waals surface area contributed by atoms with Crippen LogP contribution in [0.4, 0.5) is 5.95 Å². The lowest BCUT2D eigenvalue weighted by molar-refractivity contribution is 1.01. The molecule has 3 aromatic heterocycles. The first-order valence-electron chi connectivity index (χ1n) is 7.40. The SMILES string of the molecule is Cc1cc(-c2c(-c3ccccc3)nc(N)n3c(=O)[nH]nc23)ccn1. The molecule has 0 saturated carbocycles. The van der Waals surface area contributed by atoms with Gasteiger partial charge in [-0.15, -0.1) is 0 Å². The number of nitrogens with zero attached hydrogens (tertiary/aromatic N) is 4. The first-order valence-corrected chi connectivity index (χ1v) is 7.40. The minimum Gasteiger partial charge on any atom is -0.369 e. The molecule has 0 saturated heterocycles. The molecule has 4 rings (SSSR count). The number of aromatic nitrogens is 5. The molecule has 0 aliphatic carbocycles. The molecule has 0 atom stereocenters. The summed E-state index contributed by atoms with van der Waals surface area (Å²) in [6.07, 6.45) is 1.72. The third-order valence-corrected chi connectivity index (χ3v) is 3.82. The van der Waals surface area contributed by atoms with E-state index in [9.17, 15) is 4.79 Å². The molecule has 3 N–H and O–H groups in total. The highest BCUT2D eigenvalue weighted by atomic mass is 16.1. The van der Waals surface area contributed by atoms with E-state index in [1.165, 1.54) is 4.40 Å². The van der Waals surface area contributed by atoms with Gasteiger partial charge in [-0.2, -0.15) is 5.10 Å². The Hall–Kier alpha value is -3.48. The highest BCUT2D eigenvalue weighted by molar-refractivity contribution is 5.90. The van der Waals surface area contributed by atoms with E-state index in [1.807, 2.05) is 49.4 Å². The molecule has 4 aromatic rings. The van der Waals surface area contributed by atoms with Crippen LogP contribution in [-0.2, 0) is 0 Å². The number of H-pyrrole nitrogens is 1. The molecule has 24 heavy (non-hydrogen) atoms. The monoisotopic (exact) mass is 318 g/mol. The van der Waals surface area contributed by atoms with Crippen LogP contribution in [-0.4, -0.2) is 24.6 Å². The second-order valence-electron chi connectivity index (χ2n) is 5.43. The van der Waals surface area contributed by atoms with Crippen molar-refractivity contribution in [3.63, 3.8) is 0 Å². The van der Waals surface area contributed by atoms with Crippen LogP contribution in [0.1, 0.15) is 5.69 Å². The standard InChI is InChI=1S/C17H14N6O/c1-10-9-12(7-8-19-10)13-14(11-5-3-2-4-6-11)20-16(18)23-15(13)21-22-17(23)24/h2-9H,1H3,(H2,18,20)(H,22,24). The number of nitrogen functional groups attached to an aromatic ring is 1. The maximum atomic E-state index is 12.0. The second-order valence-corrected chi connectivity index (χ2v) is 5.43. The Balaban J connectivity index is 2.16. The highest BCUT2D eigenvalue weighted by Gasteiger charge is 2.19. The molecule has 0 aliphatic rings. The second kappa shape index (κ2) is 5.31. The topological polar surface area (TPSA) is 102 Å². The molecular formula is C17H14N6O. The maximum absolute atomic E-state index is 12.0. The van der Waals surface area contributed by atoms with Gasteiger partial charge in [0.2, 0.25) is 5.95 Å². The van der Waals surface area contributed by atoms with Crippen LogP contribution in [0.3, 0.4) is 0 Å². The summed E-state index contributed by atoms with van der Waals surface area (Å²) in [4.78, 5) is 20.7. The van der Waals surface area contributed by atoms with E-state index in [2.05, 4.69) is 20.2 Å². The maximum Gasteiger partial charge on any atom is 0.350 e. The van der Waals surface area contributed by atoms with Crippen LogP contribution in [0.25, 0.3) is 28.0 Å². The van der Waals surface area contributed by atoms with Gasteiger partial charge in [0.1, 0.15) is 0 Å². The van der Waals surface area contributed by atoms with E-state index in [1.54, 1.807) is 6.20 Å². The Bertz CT molecular complexity index is 1100. The van der Waals surface area contributed by atoms with E-state index in [0.29, 0.717) is 11.3 Å². The Kier molecular flexibility index (Phi) is 3.13. The predicted octanol–water partition coefficient (Wildman–Crippen LogP) is 2.04. The zero-order valence-electron chi connectivity index (χ0n) is 12.9. The third kappa shape index (κ3) is 2.14. The minimum absolute atomic E-state index is 0.0946. The number of nitrogens with two attached hydrogens (primary N) is 1. The summed E-state index contributed by atoms with van der Waals surface area (Å²) in [6.45, 7) is 1.91. The van der Waals surface area contributed by atoms with E-state index < -0.39 is 5.69 Å². The molecular weight excluding hydrogens is 304 g/mol. The van der Waals surface area contributed by atoms with Crippen LogP contribution in [0.5, 0.6) is 0 Å². The molecule has 0 amide bonds. The van der Waals surface area contributed by atoms with Crippen molar-refractivity contribution in [3.05, 3.63) is 64.8 Å². The first kappa shape index (κ1) is 14.1. The number of benzene rings is 1. The number of aromatic amines is 1. The zero-order valence-corrected chi connectivity index (χ0v) is 12.9. The lowest BCUT2D eigenvalue weighted by atomic mass is 10.0. The first-order chi connectivity index (χ1) is 11.6. The van der Waals surface area contributed by atoms with Gasteiger partial charge in [0.05, 0.1) is 11.3 Å². The van der Waals surface area contributed by atoms with Crippen molar-refractivity contribution in [2.45, 2.75) is 6.92 Å². The number of hydrogen-bond donors (Lipinski definition) is 2. The summed E-state index contributed by atoms with van der Waals surface area (Å²) in [5, 5.41) is 6.60. The van der Waals surface area contributed by atoms with E-state index in [-0.39, 0.29) is 5.95 Å². The summed E-state index contributed by atoms with van der Waals surface area (Å²) >= 11 is 0. The Labute approximate surface area is 136 Å². The van der Waals surface area contributed by atoms with Crippen LogP contribution in [0.2, 0.25) is 0 Å². The fraction of sp³-hybridized carbons (Fsp3) is 0.0588. The zero-order chi connectivity index (χ0) is 16.7. The molecule has 0 bridgehead atoms. The molecule has 7 nitrogen and oxygen atoms in total. The van der Waals surface area contributed by atoms with Crippen LogP contribution in [0.15, 0.2) is 53.5 Å². The fourth-order valence-electron chi connectivity index (χ4n) is 2.78. The summed E-state index contributed by atoms with van der Waals surface area (Å²) in [7, 11) is 0. The van der Waals surface area contributed by atoms with Gasteiger partial charge in [-0.25, -0.2) is 19.3 Å². The molecule has 3 heterocycles. The summed E-state index contributed by atoms with van der Waals surface area (Å²) in [5.74, 6) is 0.0946. The van der Waals surface area contributed by atoms with E-state index in [4.69, 9.17) is 5.73 Å². The van der Waals surface area contributed by atoms with Gasteiger partial charge in [-0.3, -0.25) is 4.98 Å². The number of hydrogen-bond acceptors (Lipinski definition) is 5. The smallest absolute Gasteiger partial charge is 0.350 e. The molecule has 0 fully saturated rings. The van der Waals surface area contributed by atoms with Gasteiger partial charge < -0.3 is 5.73 Å². The lowest BCUT2D eigenvalue weighted by Gasteiger charge is -2.12. The fourth-order valence-corrected chi connectivity index (χ4v) is 2.78. The van der Waals surface area contributed by atoms with Crippen molar-refractivity contribution in [1.29, 1.82) is 0 Å². The number of pyridine rings is 1. The number of aryl methyl sites for hydroxylation is 1. The third-order valence-electron chi connectivity index (χ3n) is 3.82. The van der Waals surface area contributed by atoms with Gasteiger partial charge >= 0.3 is 5.69 Å². The van der Waals surface area contributed by atoms with Crippen molar-refractivity contribution in [3.8, 4) is 22.4 Å². The van der Waals surface area contributed by atoms with Gasteiger partial charge in [0.25, 0.3) is 0 Å². The largest absolute Gasteiger partial charge is 0.369 e. The van der Waals surface area contributed by atoms with Gasteiger partial charge in [-0.1, -0.05) is 30.3 Å². The molecule has 0 unspecified atom stereocenters. The quantitative estimate of drug-likeness (QED) is 0.589. The van der Waals surface area contributed by atoms with Crippen LogP contribution < -0.4 is 11.4 Å². The molecule has 7 heteroatoms. The average molecular weight is 318 g/mol.